The Labute approximate surface area is 121 Å². The van der Waals surface area contributed by atoms with Crippen molar-refractivity contribution in [3.8, 4) is 0 Å². The number of esters is 1. The molecule has 5 heteroatoms. The van der Waals surface area contributed by atoms with Crippen molar-refractivity contribution in [2.75, 3.05) is 13.2 Å². The van der Waals surface area contributed by atoms with Crippen molar-refractivity contribution < 1.29 is 24.5 Å². The van der Waals surface area contributed by atoms with E-state index in [1.54, 1.807) is 12.2 Å². The molecule has 0 fully saturated rings. The lowest BCUT2D eigenvalue weighted by Gasteiger charge is -1.96. The minimum Gasteiger partial charge on any atom is -0.478 e. The maximum absolute atomic E-state index is 10.3. The third kappa shape index (κ3) is 36.0. The molecule has 0 rings (SSSR count). The van der Waals surface area contributed by atoms with Gasteiger partial charge in [0.05, 0.1) is 6.61 Å². The van der Waals surface area contributed by atoms with Gasteiger partial charge in [-0.1, -0.05) is 45.1 Å². The van der Waals surface area contributed by atoms with Gasteiger partial charge in [-0.05, 0) is 6.92 Å². The Morgan fingerprint density at radius 3 is 2.15 bits per heavy atom. The molecule has 0 aromatic heterocycles. The standard InChI is InChI=1S/C6H10O3.C6H8O2.C3H8/c1-2-6(8)9-5-3-4-7;1-2-3-4-5-6(7)8;1-3-2/h2,7H,1,3-5H2;2-5H,1H3,(H,7,8);3H2,1-2H3/b;3-2+,5-4+;. The van der Waals surface area contributed by atoms with Crippen molar-refractivity contribution >= 4 is 11.9 Å². The van der Waals surface area contributed by atoms with Crippen LogP contribution in [0.2, 0.25) is 0 Å². The summed E-state index contributed by atoms with van der Waals surface area (Å²) >= 11 is 0. The topological polar surface area (TPSA) is 83.8 Å². The molecule has 116 valence electrons. The summed E-state index contributed by atoms with van der Waals surface area (Å²) in [5.41, 5.74) is 0. The molecule has 0 amide bonds. The first-order chi connectivity index (χ1) is 9.49. The predicted octanol–water partition coefficient (Wildman–Crippen LogP) is 2.72. The first-order valence-corrected chi connectivity index (χ1v) is 6.42. The summed E-state index contributed by atoms with van der Waals surface area (Å²) in [5, 5.41) is 16.3. The zero-order valence-corrected chi connectivity index (χ0v) is 12.5. The smallest absolute Gasteiger partial charge is 0.330 e. The van der Waals surface area contributed by atoms with Crippen molar-refractivity contribution in [3.05, 3.63) is 37.0 Å². The summed E-state index contributed by atoms with van der Waals surface area (Å²) in [5.74, 6) is -1.36. The fourth-order valence-corrected chi connectivity index (χ4v) is 0.545. The number of aliphatic hydroxyl groups is 1. The third-order valence-electron chi connectivity index (χ3n) is 1.26. The number of carbonyl (C=O) groups excluding carboxylic acids is 1. The van der Waals surface area contributed by atoms with Gasteiger partial charge in [-0.3, -0.25) is 0 Å². The minimum absolute atomic E-state index is 0.0461. The highest BCUT2D eigenvalue weighted by molar-refractivity contribution is 5.81. The molecular weight excluding hydrogens is 260 g/mol. The van der Waals surface area contributed by atoms with Crippen molar-refractivity contribution in [1.82, 2.24) is 0 Å². The van der Waals surface area contributed by atoms with Crippen molar-refractivity contribution in [2.24, 2.45) is 0 Å². The highest BCUT2D eigenvalue weighted by atomic mass is 16.5. The summed E-state index contributed by atoms with van der Waals surface area (Å²) in [4.78, 5) is 20.0. The van der Waals surface area contributed by atoms with E-state index in [4.69, 9.17) is 10.2 Å². The lowest BCUT2D eigenvalue weighted by molar-refractivity contribution is -0.138. The number of carbonyl (C=O) groups is 2. The highest BCUT2D eigenvalue weighted by Crippen LogP contribution is 1.82. The molecule has 0 atom stereocenters. The second-order valence-electron chi connectivity index (χ2n) is 3.38. The fraction of sp³-hybridized carbons (Fsp3) is 0.467. The Hall–Kier alpha value is -1.88. The molecule has 0 aromatic rings. The molecule has 0 aromatic carbocycles. The Morgan fingerprint density at radius 2 is 1.80 bits per heavy atom. The van der Waals surface area contributed by atoms with E-state index in [9.17, 15) is 9.59 Å². The maximum Gasteiger partial charge on any atom is 0.330 e. The number of aliphatic carboxylic acids is 1. The number of aliphatic hydroxyl groups excluding tert-OH is 1. The van der Waals surface area contributed by atoms with E-state index in [-0.39, 0.29) is 13.2 Å². The quantitative estimate of drug-likeness (QED) is 0.339. The van der Waals surface area contributed by atoms with Crippen molar-refractivity contribution in [3.63, 3.8) is 0 Å². The number of carboxylic acids is 1. The summed E-state index contributed by atoms with van der Waals surface area (Å²) in [7, 11) is 0. The first-order valence-electron chi connectivity index (χ1n) is 6.42. The van der Waals surface area contributed by atoms with Gasteiger partial charge in [-0.15, -0.1) is 0 Å². The van der Waals surface area contributed by atoms with Crippen LogP contribution in [0, 0.1) is 0 Å². The second-order valence-corrected chi connectivity index (χ2v) is 3.38. The van der Waals surface area contributed by atoms with Crippen molar-refractivity contribution in [1.29, 1.82) is 0 Å². The van der Waals surface area contributed by atoms with Crippen LogP contribution in [-0.4, -0.2) is 35.4 Å². The Bertz CT molecular complexity index is 293. The van der Waals surface area contributed by atoms with Crippen LogP contribution in [0.4, 0.5) is 0 Å². The van der Waals surface area contributed by atoms with Gasteiger partial charge in [0.1, 0.15) is 0 Å². The molecule has 0 saturated carbocycles. The number of carboxylic acid groups (broad SMARTS) is 1. The van der Waals surface area contributed by atoms with E-state index in [0.29, 0.717) is 6.42 Å². The van der Waals surface area contributed by atoms with Gasteiger partial charge < -0.3 is 14.9 Å². The fourth-order valence-electron chi connectivity index (χ4n) is 0.545. The molecular formula is C15H26O5. The van der Waals surface area contributed by atoms with E-state index in [2.05, 4.69) is 25.2 Å². The van der Waals surface area contributed by atoms with Crippen LogP contribution in [0.1, 0.15) is 33.6 Å². The molecule has 0 bridgehead atoms. The Balaban J connectivity index is -0.000000243. The molecule has 0 aliphatic carbocycles. The largest absolute Gasteiger partial charge is 0.478 e. The molecule has 2 N–H and O–H groups in total. The van der Waals surface area contributed by atoms with E-state index < -0.39 is 11.9 Å². The normalized spacial score (nSPS) is 9.20. The highest BCUT2D eigenvalue weighted by Gasteiger charge is 1.91. The molecule has 5 nitrogen and oxygen atoms in total. The van der Waals surface area contributed by atoms with Crippen LogP contribution in [0.3, 0.4) is 0 Å². The molecule has 0 radical (unpaired) electrons. The summed E-state index contributed by atoms with van der Waals surface area (Å²) in [6.45, 7) is 9.59. The average molecular weight is 286 g/mol. The number of hydrogen-bond acceptors (Lipinski definition) is 4. The van der Waals surface area contributed by atoms with Crippen LogP contribution in [-0.2, 0) is 14.3 Å². The van der Waals surface area contributed by atoms with E-state index in [1.807, 2.05) is 6.92 Å². The lowest BCUT2D eigenvalue weighted by atomic mass is 10.4. The van der Waals surface area contributed by atoms with E-state index >= 15 is 0 Å². The molecule has 0 spiro atoms. The number of ether oxygens (including phenoxy) is 1. The van der Waals surface area contributed by atoms with E-state index in [1.165, 1.54) is 12.5 Å². The van der Waals surface area contributed by atoms with Crippen LogP contribution in [0.5, 0.6) is 0 Å². The van der Waals surface area contributed by atoms with Gasteiger partial charge in [0, 0.05) is 25.2 Å². The first kappa shape index (κ1) is 23.2. The van der Waals surface area contributed by atoms with Gasteiger partial charge in [0.2, 0.25) is 0 Å². The van der Waals surface area contributed by atoms with Crippen LogP contribution >= 0.6 is 0 Å². The second kappa shape index (κ2) is 22.3. The lowest BCUT2D eigenvalue weighted by Crippen LogP contribution is -2.02. The molecule has 20 heavy (non-hydrogen) atoms. The number of rotatable bonds is 6. The van der Waals surface area contributed by atoms with Gasteiger partial charge in [0.25, 0.3) is 0 Å². The molecule has 0 unspecified atom stereocenters. The Kier molecular flexibility index (Phi) is 25.9. The SMILES string of the molecule is C/C=C/C=C/C(=O)O.C=CC(=O)OCCCO.CCC. The van der Waals surface area contributed by atoms with Crippen LogP contribution < -0.4 is 0 Å². The molecule has 0 heterocycles. The molecule has 0 saturated heterocycles. The summed E-state index contributed by atoms with van der Waals surface area (Å²) in [6, 6.07) is 0. The van der Waals surface area contributed by atoms with Crippen LogP contribution in [0.15, 0.2) is 37.0 Å². The van der Waals surface area contributed by atoms with E-state index in [0.717, 1.165) is 12.2 Å². The van der Waals surface area contributed by atoms with Crippen LogP contribution in [0.25, 0.3) is 0 Å². The summed E-state index contributed by atoms with van der Waals surface area (Å²) < 4.78 is 4.51. The monoisotopic (exact) mass is 286 g/mol. The molecule has 0 aliphatic heterocycles. The zero-order valence-electron chi connectivity index (χ0n) is 12.5. The number of allylic oxidation sites excluding steroid dienone is 3. The van der Waals surface area contributed by atoms with Gasteiger partial charge in [-0.2, -0.15) is 0 Å². The maximum atomic E-state index is 10.3. The molecule has 0 aliphatic rings. The Morgan fingerprint density at radius 1 is 1.25 bits per heavy atom. The zero-order chi connectivity index (χ0) is 16.2. The third-order valence-corrected chi connectivity index (χ3v) is 1.26. The predicted molar refractivity (Wildman–Crippen MR) is 80.4 cm³/mol. The van der Waals surface area contributed by atoms with Crippen molar-refractivity contribution in [2.45, 2.75) is 33.6 Å². The number of hydrogen-bond donors (Lipinski definition) is 2. The summed E-state index contributed by atoms with van der Waals surface area (Å²) in [6.07, 6.45) is 8.81. The van der Waals surface area contributed by atoms with Gasteiger partial charge >= 0.3 is 11.9 Å². The van der Waals surface area contributed by atoms with Gasteiger partial charge in [0.15, 0.2) is 0 Å². The van der Waals surface area contributed by atoms with Gasteiger partial charge in [-0.25, -0.2) is 9.59 Å². The minimum atomic E-state index is -0.914. The average Bonchev–Trinajstić information content (AvgIpc) is 2.40.